The summed E-state index contributed by atoms with van der Waals surface area (Å²) in [4.78, 5) is 0. The van der Waals surface area contributed by atoms with Crippen LogP contribution in [0.25, 0.3) is 0 Å². The highest BCUT2D eigenvalue weighted by molar-refractivity contribution is 9.10. The van der Waals surface area contributed by atoms with Gasteiger partial charge in [-0.1, -0.05) is 36.2 Å². The predicted octanol–water partition coefficient (Wildman–Crippen LogP) is 4.52. The zero-order valence-electron chi connectivity index (χ0n) is 11.6. The zero-order valence-corrected chi connectivity index (χ0v) is 13.2. The molecule has 0 aliphatic rings. The van der Waals surface area contributed by atoms with Crippen LogP contribution in [0.2, 0.25) is 0 Å². The second-order valence-corrected chi connectivity index (χ2v) is 5.50. The van der Waals surface area contributed by atoms with Gasteiger partial charge < -0.3 is 10.1 Å². The van der Waals surface area contributed by atoms with Crippen LogP contribution in [0, 0.1) is 0 Å². The minimum atomic E-state index is 0.285. The Bertz CT molecular complexity index is 354. The van der Waals surface area contributed by atoms with Gasteiger partial charge in [0.1, 0.15) is 5.75 Å². The van der Waals surface area contributed by atoms with Crippen molar-refractivity contribution in [1.82, 2.24) is 5.32 Å². The Morgan fingerprint density at radius 1 is 1.28 bits per heavy atom. The molecule has 0 radical (unpaired) electrons. The predicted molar refractivity (Wildman–Crippen MR) is 81.1 cm³/mol. The van der Waals surface area contributed by atoms with E-state index in [1.165, 1.54) is 5.56 Å². The van der Waals surface area contributed by atoms with Crippen molar-refractivity contribution in [3.8, 4) is 5.75 Å². The number of rotatable bonds is 8. The minimum Gasteiger partial charge on any atom is -0.491 e. The largest absolute Gasteiger partial charge is 0.491 e. The molecule has 0 bridgehead atoms. The molecule has 0 saturated heterocycles. The Hall–Kier alpha value is -0.540. The Morgan fingerprint density at radius 3 is 2.72 bits per heavy atom. The minimum absolute atomic E-state index is 0.285. The number of nitrogens with one attached hydrogen (secondary N) is 1. The smallest absolute Gasteiger partial charge is 0.120 e. The van der Waals surface area contributed by atoms with Crippen molar-refractivity contribution < 1.29 is 4.74 Å². The summed E-state index contributed by atoms with van der Waals surface area (Å²) >= 11 is 3.58. The number of ether oxygens (including phenoxy) is 1. The van der Waals surface area contributed by atoms with Crippen molar-refractivity contribution in [3.63, 3.8) is 0 Å². The number of hydrogen-bond donors (Lipinski definition) is 1. The van der Waals surface area contributed by atoms with Crippen molar-refractivity contribution in [2.45, 2.75) is 52.7 Å². The third-order valence-electron chi connectivity index (χ3n) is 2.79. The number of hydrogen-bond acceptors (Lipinski definition) is 2. The lowest BCUT2D eigenvalue weighted by Crippen LogP contribution is -2.15. The Morgan fingerprint density at radius 2 is 2.06 bits per heavy atom. The average molecular weight is 314 g/mol. The van der Waals surface area contributed by atoms with Crippen LogP contribution in [0.3, 0.4) is 0 Å². The normalized spacial score (nSPS) is 12.4. The third-order valence-corrected chi connectivity index (χ3v) is 3.57. The van der Waals surface area contributed by atoms with Gasteiger partial charge in [-0.15, -0.1) is 0 Å². The van der Waals surface area contributed by atoms with Crippen LogP contribution in [0.15, 0.2) is 22.7 Å². The molecule has 0 heterocycles. The van der Waals surface area contributed by atoms with Crippen LogP contribution in [0.1, 0.15) is 45.6 Å². The van der Waals surface area contributed by atoms with E-state index in [2.05, 4.69) is 54.2 Å². The summed E-state index contributed by atoms with van der Waals surface area (Å²) in [7, 11) is 0. The van der Waals surface area contributed by atoms with E-state index in [9.17, 15) is 0 Å². The molecule has 0 aliphatic heterocycles. The van der Waals surface area contributed by atoms with Gasteiger partial charge in [0.05, 0.1) is 6.10 Å². The van der Waals surface area contributed by atoms with Crippen molar-refractivity contribution >= 4 is 15.9 Å². The molecular weight excluding hydrogens is 290 g/mol. The Labute approximate surface area is 119 Å². The maximum Gasteiger partial charge on any atom is 0.120 e. The van der Waals surface area contributed by atoms with Crippen LogP contribution in [0.5, 0.6) is 5.75 Å². The van der Waals surface area contributed by atoms with Crippen molar-refractivity contribution in [2.75, 3.05) is 6.54 Å². The van der Waals surface area contributed by atoms with Gasteiger partial charge in [-0.2, -0.15) is 0 Å². The highest BCUT2D eigenvalue weighted by atomic mass is 79.9. The quantitative estimate of drug-likeness (QED) is 0.713. The fourth-order valence-electron chi connectivity index (χ4n) is 1.86. The molecule has 1 rings (SSSR count). The van der Waals surface area contributed by atoms with Crippen molar-refractivity contribution in [2.24, 2.45) is 0 Å². The lowest BCUT2D eigenvalue weighted by atomic mass is 10.2. The van der Waals surface area contributed by atoms with E-state index in [1.807, 2.05) is 6.07 Å². The van der Waals surface area contributed by atoms with Gasteiger partial charge in [-0.05, 0) is 50.1 Å². The molecule has 102 valence electrons. The molecular formula is C15H24BrNO. The maximum absolute atomic E-state index is 5.91. The van der Waals surface area contributed by atoms with Gasteiger partial charge in [0.2, 0.25) is 0 Å². The van der Waals surface area contributed by atoms with Gasteiger partial charge in [0.15, 0.2) is 0 Å². The van der Waals surface area contributed by atoms with Gasteiger partial charge in [0, 0.05) is 11.0 Å². The van der Waals surface area contributed by atoms with Crippen molar-refractivity contribution in [1.29, 1.82) is 0 Å². The van der Waals surface area contributed by atoms with Gasteiger partial charge in [0.25, 0.3) is 0 Å². The van der Waals surface area contributed by atoms with Crippen molar-refractivity contribution in [3.05, 3.63) is 28.2 Å². The molecule has 0 aliphatic carbocycles. The summed E-state index contributed by atoms with van der Waals surface area (Å²) < 4.78 is 7.05. The average Bonchev–Trinajstić information content (AvgIpc) is 2.34. The standard InChI is InChI=1S/C15H24BrNO/c1-4-6-12(3)18-14-7-8-15(16)13(10-14)11-17-9-5-2/h7-8,10,12,17H,4-6,9,11H2,1-3H3. The molecule has 3 heteroatoms. The molecule has 1 unspecified atom stereocenters. The summed E-state index contributed by atoms with van der Waals surface area (Å²) in [5.74, 6) is 0.965. The molecule has 0 saturated carbocycles. The van der Waals surface area contributed by atoms with E-state index in [0.29, 0.717) is 0 Å². The van der Waals surface area contributed by atoms with E-state index >= 15 is 0 Å². The highest BCUT2D eigenvalue weighted by Gasteiger charge is 2.06. The fourth-order valence-corrected chi connectivity index (χ4v) is 2.24. The van der Waals surface area contributed by atoms with Crippen LogP contribution in [-0.4, -0.2) is 12.6 Å². The Kier molecular flexibility index (Phi) is 7.36. The first kappa shape index (κ1) is 15.5. The first-order valence-corrected chi connectivity index (χ1v) is 7.62. The van der Waals surface area contributed by atoms with Crippen LogP contribution < -0.4 is 10.1 Å². The number of benzene rings is 1. The monoisotopic (exact) mass is 313 g/mol. The molecule has 0 amide bonds. The lowest BCUT2D eigenvalue weighted by Gasteiger charge is -2.15. The zero-order chi connectivity index (χ0) is 13.4. The fraction of sp³-hybridized carbons (Fsp3) is 0.600. The van der Waals surface area contributed by atoms with E-state index in [1.54, 1.807) is 0 Å². The molecule has 18 heavy (non-hydrogen) atoms. The SMILES string of the molecule is CCCNCc1cc(OC(C)CCC)ccc1Br. The molecule has 1 N–H and O–H groups in total. The highest BCUT2D eigenvalue weighted by Crippen LogP contribution is 2.23. The summed E-state index contributed by atoms with van der Waals surface area (Å²) in [5.41, 5.74) is 1.25. The topological polar surface area (TPSA) is 21.3 Å². The molecule has 0 fully saturated rings. The molecule has 0 spiro atoms. The Balaban J connectivity index is 2.61. The molecule has 1 aromatic carbocycles. The van der Waals surface area contributed by atoms with Gasteiger partial charge in [-0.3, -0.25) is 0 Å². The lowest BCUT2D eigenvalue weighted by molar-refractivity contribution is 0.209. The second kappa shape index (κ2) is 8.54. The second-order valence-electron chi connectivity index (χ2n) is 4.65. The summed E-state index contributed by atoms with van der Waals surface area (Å²) in [6.45, 7) is 8.41. The van der Waals surface area contributed by atoms with Gasteiger partial charge in [-0.25, -0.2) is 0 Å². The molecule has 1 atom stereocenters. The molecule has 2 nitrogen and oxygen atoms in total. The molecule has 1 aromatic rings. The molecule has 0 aromatic heterocycles. The van der Waals surface area contributed by atoms with Gasteiger partial charge >= 0.3 is 0 Å². The summed E-state index contributed by atoms with van der Waals surface area (Å²) in [5, 5.41) is 3.41. The number of halogens is 1. The van der Waals surface area contributed by atoms with E-state index in [-0.39, 0.29) is 6.10 Å². The third kappa shape index (κ3) is 5.40. The van der Waals surface area contributed by atoms with E-state index in [4.69, 9.17) is 4.74 Å². The van der Waals surface area contributed by atoms with Crippen LogP contribution >= 0.6 is 15.9 Å². The summed E-state index contributed by atoms with van der Waals surface area (Å²) in [6, 6.07) is 6.22. The van der Waals surface area contributed by atoms with Crippen LogP contribution in [-0.2, 0) is 6.54 Å². The summed E-state index contributed by atoms with van der Waals surface area (Å²) in [6.07, 6.45) is 3.69. The first-order valence-electron chi connectivity index (χ1n) is 6.83. The first-order chi connectivity index (χ1) is 8.67. The van der Waals surface area contributed by atoms with E-state index < -0.39 is 0 Å². The maximum atomic E-state index is 5.91. The van der Waals surface area contributed by atoms with Crippen LogP contribution in [0.4, 0.5) is 0 Å². The van der Waals surface area contributed by atoms with E-state index in [0.717, 1.165) is 42.6 Å².